The summed E-state index contributed by atoms with van der Waals surface area (Å²) in [6.45, 7) is 1.43. The second kappa shape index (κ2) is 3.98. The third kappa shape index (κ3) is 1.79. The van der Waals surface area contributed by atoms with Gasteiger partial charge >= 0.3 is 0 Å². The van der Waals surface area contributed by atoms with E-state index in [2.05, 4.69) is 5.10 Å². The first-order chi connectivity index (χ1) is 7.59. The molecule has 1 heterocycles. The van der Waals surface area contributed by atoms with Gasteiger partial charge in [0.05, 0.1) is 17.4 Å². The average Bonchev–Trinajstić information content (AvgIpc) is 2.60. The Morgan fingerprint density at radius 1 is 1.50 bits per heavy atom. The molecule has 0 atom stereocenters. The van der Waals surface area contributed by atoms with Crippen molar-refractivity contribution in [1.29, 1.82) is 0 Å². The highest BCUT2D eigenvalue weighted by atomic mass is 35.5. The van der Waals surface area contributed by atoms with Crippen LogP contribution in [-0.2, 0) is 0 Å². The minimum atomic E-state index is -0.142. The lowest BCUT2D eigenvalue weighted by Crippen LogP contribution is -1.97. The van der Waals surface area contributed by atoms with E-state index in [0.29, 0.717) is 11.3 Å². The summed E-state index contributed by atoms with van der Waals surface area (Å²) >= 11 is 6.00. The van der Waals surface area contributed by atoms with Crippen LogP contribution in [0.5, 0.6) is 5.75 Å². The summed E-state index contributed by atoms with van der Waals surface area (Å²) < 4.78 is 1.40. The predicted octanol–water partition coefficient (Wildman–Crippen LogP) is 2.43. The van der Waals surface area contributed by atoms with Gasteiger partial charge in [0, 0.05) is 6.07 Å². The summed E-state index contributed by atoms with van der Waals surface area (Å²) in [5.74, 6) is -0.0233. The molecule has 0 bridgehead atoms. The van der Waals surface area contributed by atoms with Crippen LogP contribution in [0.15, 0.2) is 30.5 Å². The third-order valence-electron chi connectivity index (χ3n) is 2.16. The molecule has 5 heteroatoms. The van der Waals surface area contributed by atoms with Crippen LogP contribution in [0.4, 0.5) is 0 Å². The second-order valence-electron chi connectivity index (χ2n) is 3.34. The second-order valence-corrected chi connectivity index (χ2v) is 3.69. The van der Waals surface area contributed by atoms with Crippen LogP contribution in [0.3, 0.4) is 0 Å². The van der Waals surface area contributed by atoms with Gasteiger partial charge in [-0.3, -0.25) is 4.79 Å². The van der Waals surface area contributed by atoms with E-state index in [-0.39, 0.29) is 16.7 Å². The quantitative estimate of drug-likeness (QED) is 0.815. The van der Waals surface area contributed by atoms with Crippen molar-refractivity contribution in [2.24, 2.45) is 0 Å². The van der Waals surface area contributed by atoms with Gasteiger partial charge < -0.3 is 5.11 Å². The zero-order chi connectivity index (χ0) is 11.7. The topological polar surface area (TPSA) is 55.1 Å². The van der Waals surface area contributed by atoms with E-state index in [4.69, 9.17) is 11.6 Å². The summed E-state index contributed by atoms with van der Waals surface area (Å²) in [6.07, 6.45) is 1.41. The van der Waals surface area contributed by atoms with Crippen molar-refractivity contribution in [2.75, 3.05) is 0 Å². The Bertz CT molecular complexity index is 549. The molecule has 82 valence electrons. The van der Waals surface area contributed by atoms with E-state index in [9.17, 15) is 9.90 Å². The molecular formula is C11H9ClN2O2. The van der Waals surface area contributed by atoms with Crippen LogP contribution in [0, 0.1) is 0 Å². The monoisotopic (exact) mass is 236 g/mol. The molecule has 0 fully saturated rings. The van der Waals surface area contributed by atoms with Gasteiger partial charge in [-0.15, -0.1) is 0 Å². The number of Topliss-reactive ketones (excluding diaryl/α,β-unsaturated/α-hetero) is 1. The molecule has 1 N–H and O–H groups in total. The molecule has 0 amide bonds. The number of hydrogen-bond donors (Lipinski definition) is 1. The molecule has 2 aromatic rings. The highest BCUT2D eigenvalue weighted by Gasteiger charge is 2.13. The Kier molecular flexibility index (Phi) is 2.66. The SMILES string of the molecule is CC(=O)c1cnn(-c2cccc(O)c2)c1Cl. The van der Waals surface area contributed by atoms with Crippen molar-refractivity contribution < 1.29 is 9.90 Å². The fraction of sp³-hybridized carbons (Fsp3) is 0.0909. The van der Waals surface area contributed by atoms with Crippen molar-refractivity contribution in [1.82, 2.24) is 9.78 Å². The summed E-state index contributed by atoms with van der Waals surface area (Å²) in [5, 5.41) is 13.6. The number of carbonyl (C=O) groups excluding carboxylic acids is 1. The number of hydrogen-bond acceptors (Lipinski definition) is 3. The highest BCUT2D eigenvalue weighted by Crippen LogP contribution is 2.22. The van der Waals surface area contributed by atoms with Crippen molar-refractivity contribution in [2.45, 2.75) is 6.92 Å². The van der Waals surface area contributed by atoms with Crippen LogP contribution in [0.1, 0.15) is 17.3 Å². The lowest BCUT2D eigenvalue weighted by atomic mass is 10.2. The molecule has 1 aromatic carbocycles. The number of carbonyl (C=O) groups is 1. The van der Waals surface area contributed by atoms with Gasteiger partial charge in [0.15, 0.2) is 5.78 Å². The lowest BCUT2D eigenvalue weighted by molar-refractivity contribution is 0.101. The van der Waals surface area contributed by atoms with Crippen LogP contribution < -0.4 is 0 Å². The Morgan fingerprint density at radius 2 is 2.25 bits per heavy atom. The number of aromatic nitrogens is 2. The average molecular weight is 237 g/mol. The number of aromatic hydroxyl groups is 1. The molecule has 2 rings (SSSR count). The van der Waals surface area contributed by atoms with Crippen molar-refractivity contribution >= 4 is 17.4 Å². The zero-order valence-electron chi connectivity index (χ0n) is 8.51. The van der Waals surface area contributed by atoms with Gasteiger partial charge in [-0.1, -0.05) is 17.7 Å². The van der Waals surface area contributed by atoms with Gasteiger partial charge in [-0.25, -0.2) is 4.68 Å². The fourth-order valence-corrected chi connectivity index (χ4v) is 1.70. The number of benzene rings is 1. The summed E-state index contributed by atoms with van der Waals surface area (Å²) in [4.78, 5) is 11.2. The zero-order valence-corrected chi connectivity index (χ0v) is 9.27. The van der Waals surface area contributed by atoms with Crippen molar-refractivity contribution in [3.8, 4) is 11.4 Å². The number of nitrogens with zero attached hydrogens (tertiary/aromatic N) is 2. The van der Waals surface area contributed by atoms with Crippen LogP contribution in [0.25, 0.3) is 5.69 Å². The minimum absolute atomic E-state index is 0.119. The molecule has 0 aliphatic carbocycles. The van der Waals surface area contributed by atoms with Gasteiger partial charge in [-0.2, -0.15) is 5.10 Å². The lowest BCUT2D eigenvalue weighted by Gasteiger charge is -2.03. The van der Waals surface area contributed by atoms with E-state index < -0.39 is 0 Å². The molecule has 0 spiro atoms. The molecule has 0 aliphatic heterocycles. The predicted molar refractivity (Wildman–Crippen MR) is 60.2 cm³/mol. The molecule has 1 aromatic heterocycles. The maximum atomic E-state index is 11.2. The molecule has 4 nitrogen and oxygen atoms in total. The van der Waals surface area contributed by atoms with Gasteiger partial charge in [0.2, 0.25) is 0 Å². The Morgan fingerprint density at radius 3 is 2.81 bits per heavy atom. The molecule has 0 saturated carbocycles. The van der Waals surface area contributed by atoms with Gasteiger partial charge in [0.25, 0.3) is 0 Å². The molecule has 0 saturated heterocycles. The van der Waals surface area contributed by atoms with E-state index in [1.807, 2.05) is 0 Å². The first-order valence-electron chi connectivity index (χ1n) is 4.63. The normalized spacial score (nSPS) is 10.4. The summed E-state index contributed by atoms with van der Waals surface area (Å²) in [6, 6.07) is 6.48. The summed E-state index contributed by atoms with van der Waals surface area (Å²) in [5.41, 5.74) is 0.975. The van der Waals surface area contributed by atoms with Crippen LogP contribution in [-0.4, -0.2) is 20.7 Å². The van der Waals surface area contributed by atoms with Crippen LogP contribution in [0.2, 0.25) is 5.15 Å². The smallest absolute Gasteiger partial charge is 0.164 e. The van der Waals surface area contributed by atoms with Gasteiger partial charge in [0.1, 0.15) is 10.9 Å². The van der Waals surface area contributed by atoms with E-state index in [0.717, 1.165) is 0 Å². The number of rotatable bonds is 2. The van der Waals surface area contributed by atoms with E-state index in [1.165, 1.54) is 23.9 Å². The first-order valence-corrected chi connectivity index (χ1v) is 5.01. The minimum Gasteiger partial charge on any atom is -0.508 e. The molecule has 0 aliphatic rings. The van der Waals surface area contributed by atoms with Crippen molar-refractivity contribution in [3.63, 3.8) is 0 Å². The highest BCUT2D eigenvalue weighted by molar-refractivity contribution is 6.33. The number of halogens is 1. The Balaban J connectivity index is 2.53. The Labute approximate surface area is 97.1 Å². The number of ketones is 1. The largest absolute Gasteiger partial charge is 0.508 e. The van der Waals surface area contributed by atoms with Crippen molar-refractivity contribution in [3.05, 3.63) is 41.2 Å². The van der Waals surface area contributed by atoms with E-state index >= 15 is 0 Å². The molecule has 0 unspecified atom stereocenters. The fourth-order valence-electron chi connectivity index (χ4n) is 1.37. The Hall–Kier alpha value is -1.81. The maximum Gasteiger partial charge on any atom is 0.164 e. The van der Waals surface area contributed by atoms with E-state index in [1.54, 1.807) is 18.2 Å². The standard InChI is InChI=1S/C11H9ClN2O2/c1-7(15)10-6-13-14(11(10)12)8-3-2-4-9(16)5-8/h2-6,16H,1H3. The molecule has 0 radical (unpaired) electrons. The van der Waals surface area contributed by atoms with Gasteiger partial charge in [-0.05, 0) is 19.1 Å². The maximum absolute atomic E-state index is 11.2. The third-order valence-corrected chi connectivity index (χ3v) is 2.53. The molecular weight excluding hydrogens is 228 g/mol. The number of phenolic OH excluding ortho intramolecular Hbond substituents is 1. The van der Waals surface area contributed by atoms with Crippen LogP contribution >= 0.6 is 11.6 Å². The first kappa shape index (κ1) is 10.7. The number of phenols is 1. The molecule has 16 heavy (non-hydrogen) atoms. The summed E-state index contributed by atoms with van der Waals surface area (Å²) in [7, 11) is 0.